The molecule has 25 heavy (non-hydrogen) atoms. The summed E-state index contributed by atoms with van der Waals surface area (Å²) in [5.41, 5.74) is -0.547. The summed E-state index contributed by atoms with van der Waals surface area (Å²) in [4.78, 5) is 29.7. The molecule has 0 spiro atoms. The maximum atomic E-state index is 12.5. The Kier molecular flexibility index (Phi) is 6.65. The van der Waals surface area contributed by atoms with Gasteiger partial charge in [0, 0.05) is 44.8 Å². The summed E-state index contributed by atoms with van der Waals surface area (Å²) in [7, 11) is 0. The predicted octanol–water partition coefficient (Wildman–Crippen LogP) is 0.713. The Bertz CT molecular complexity index is 473. The molecule has 1 amide bonds. The topological polar surface area (TPSA) is 82.6 Å². The van der Waals surface area contributed by atoms with Gasteiger partial charge in [-0.2, -0.15) is 0 Å². The number of amides is 1. The summed E-state index contributed by atoms with van der Waals surface area (Å²) < 4.78 is 10.9. The minimum absolute atomic E-state index is 0.0124. The number of nitrogens with zero attached hydrogens (tertiary/aromatic N) is 3. The number of hydrogen-bond acceptors (Lipinski definition) is 6. The van der Waals surface area contributed by atoms with Gasteiger partial charge in [0.15, 0.2) is 0 Å². The van der Waals surface area contributed by atoms with E-state index < -0.39 is 11.6 Å². The van der Waals surface area contributed by atoms with Crippen molar-refractivity contribution in [3.63, 3.8) is 0 Å². The van der Waals surface area contributed by atoms with Crippen LogP contribution in [0, 0.1) is 0 Å². The molecular weight excluding hydrogens is 326 g/mol. The van der Waals surface area contributed by atoms with Gasteiger partial charge in [0.05, 0.1) is 19.8 Å². The number of hydrogen-bond donors (Lipinski definition) is 1. The van der Waals surface area contributed by atoms with Crippen LogP contribution in [0.15, 0.2) is 0 Å². The third-order valence-corrected chi connectivity index (χ3v) is 4.49. The van der Waals surface area contributed by atoms with Gasteiger partial charge in [0.2, 0.25) is 0 Å². The smallest absolute Gasteiger partial charge is 0.410 e. The highest BCUT2D eigenvalue weighted by Gasteiger charge is 2.37. The van der Waals surface area contributed by atoms with Crippen LogP contribution in [0.2, 0.25) is 0 Å². The fraction of sp³-hybridized carbons (Fsp3) is 0.882. The van der Waals surface area contributed by atoms with E-state index in [1.807, 2.05) is 32.6 Å². The molecule has 0 aromatic carbocycles. The van der Waals surface area contributed by atoms with E-state index in [1.165, 1.54) is 0 Å². The minimum atomic E-state index is -0.843. The lowest BCUT2D eigenvalue weighted by Crippen LogP contribution is -2.63. The van der Waals surface area contributed by atoms with Crippen LogP contribution in [0.25, 0.3) is 0 Å². The van der Waals surface area contributed by atoms with Gasteiger partial charge in [0.1, 0.15) is 5.60 Å². The van der Waals surface area contributed by atoms with E-state index in [2.05, 4.69) is 4.90 Å². The van der Waals surface area contributed by atoms with Crippen molar-refractivity contribution in [2.24, 2.45) is 0 Å². The van der Waals surface area contributed by atoms with Crippen molar-refractivity contribution in [1.29, 1.82) is 0 Å². The van der Waals surface area contributed by atoms with Gasteiger partial charge in [-0.1, -0.05) is 0 Å². The van der Waals surface area contributed by atoms with Gasteiger partial charge in [-0.3, -0.25) is 14.6 Å². The zero-order chi connectivity index (χ0) is 18.6. The molecule has 2 fully saturated rings. The molecule has 2 saturated heterocycles. The number of rotatable bonds is 4. The fourth-order valence-electron chi connectivity index (χ4n) is 3.31. The maximum Gasteiger partial charge on any atom is 0.410 e. The molecule has 8 heteroatoms. The quantitative estimate of drug-likeness (QED) is 0.793. The summed E-state index contributed by atoms with van der Waals surface area (Å²) in [6.45, 7) is 12.2. The first kappa shape index (κ1) is 19.9. The molecule has 2 atom stereocenters. The van der Waals surface area contributed by atoms with Gasteiger partial charge in [-0.05, 0) is 27.7 Å². The van der Waals surface area contributed by atoms with Gasteiger partial charge in [-0.15, -0.1) is 0 Å². The predicted molar refractivity (Wildman–Crippen MR) is 92.7 cm³/mol. The second kappa shape index (κ2) is 8.33. The Labute approximate surface area is 149 Å². The lowest BCUT2D eigenvalue weighted by molar-refractivity contribution is -0.140. The Hall–Kier alpha value is -1.38. The number of piperazine rings is 1. The second-order valence-corrected chi connectivity index (χ2v) is 7.87. The number of carboxylic acid groups (broad SMARTS) is 1. The lowest BCUT2D eigenvalue weighted by Gasteiger charge is -2.46. The van der Waals surface area contributed by atoms with Crippen molar-refractivity contribution in [3.05, 3.63) is 0 Å². The van der Waals surface area contributed by atoms with Crippen LogP contribution in [0.5, 0.6) is 0 Å². The first-order valence-corrected chi connectivity index (χ1v) is 8.91. The van der Waals surface area contributed by atoms with Crippen LogP contribution in [-0.2, 0) is 14.3 Å². The highest BCUT2D eigenvalue weighted by Crippen LogP contribution is 2.20. The molecule has 2 heterocycles. The van der Waals surface area contributed by atoms with Gasteiger partial charge < -0.3 is 19.5 Å². The molecule has 2 aliphatic heterocycles. The maximum absolute atomic E-state index is 12.5. The largest absolute Gasteiger partial charge is 0.480 e. The molecule has 0 aromatic heterocycles. The van der Waals surface area contributed by atoms with Crippen LogP contribution >= 0.6 is 0 Å². The molecular formula is C17H31N3O5. The first-order chi connectivity index (χ1) is 11.7. The second-order valence-electron chi connectivity index (χ2n) is 7.87. The summed E-state index contributed by atoms with van der Waals surface area (Å²) in [6.07, 6.45) is -0.332. The molecule has 2 unspecified atom stereocenters. The van der Waals surface area contributed by atoms with Gasteiger partial charge in [0.25, 0.3) is 0 Å². The minimum Gasteiger partial charge on any atom is -0.480 e. The van der Waals surface area contributed by atoms with E-state index in [4.69, 9.17) is 9.47 Å². The number of morpholine rings is 1. The van der Waals surface area contributed by atoms with Crippen molar-refractivity contribution in [1.82, 2.24) is 14.7 Å². The van der Waals surface area contributed by atoms with E-state index in [1.54, 1.807) is 4.90 Å². The van der Waals surface area contributed by atoms with E-state index in [0.717, 1.165) is 19.6 Å². The molecule has 0 bridgehead atoms. The molecule has 0 aliphatic carbocycles. The van der Waals surface area contributed by atoms with Crippen LogP contribution in [0.1, 0.15) is 27.7 Å². The van der Waals surface area contributed by atoms with Gasteiger partial charge in [-0.25, -0.2) is 4.79 Å². The Morgan fingerprint density at radius 1 is 1.20 bits per heavy atom. The Morgan fingerprint density at radius 2 is 1.84 bits per heavy atom. The van der Waals surface area contributed by atoms with Crippen LogP contribution in [0.4, 0.5) is 4.79 Å². The number of carbonyl (C=O) groups excluding carboxylic acids is 1. The molecule has 1 N–H and O–H groups in total. The van der Waals surface area contributed by atoms with Crippen LogP contribution in [-0.4, -0.2) is 102 Å². The first-order valence-electron chi connectivity index (χ1n) is 8.91. The van der Waals surface area contributed by atoms with Crippen molar-refractivity contribution >= 4 is 12.1 Å². The SMILES string of the molecule is CC1CN(CC(=O)O)C(CN2CCOCC2)CN1C(=O)OC(C)(C)C. The standard InChI is InChI=1S/C17H31N3O5/c1-13-9-19(12-15(21)22)14(10-18-5-7-24-8-6-18)11-20(13)16(23)25-17(2,3)4/h13-14H,5-12H2,1-4H3,(H,21,22). The van der Waals surface area contributed by atoms with Crippen molar-refractivity contribution in [3.8, 4) is 0 Å². The average molecular weight is 357 g/mol. The normalized spacial score (nSPS) is 26.5. The Balaban J connectivity index is 2.06. The molecule has 0 radical (unpaired) electrons. The summed E-state index contributed by atoms with van der Waals surface area (Å²) in [6, 6.07) is -0.118. The van der Waals surface area contributed by atoms with Crippen molar-refractivity contribution < 1.29 is 24.2 Å². The highest BCUT2D eigenvalue weighted by molar-refractivity contribution is 5.70. The summed E-state index contributed by atoms with van der Waals surface area (Å²) >= 11 is 0. The van der Waals surface area contributed by atoms with Gasteiger partial charge >= 0.3 is 12.1 Å². The molecule has 144 valence electrons. The monoisotopic (exact) mass is 357 g/mol. The van der Waals surface area contributed by atoms with Crippen LogP contribution in [0.3, 0.4) is 0 Å². The van der Waals surface area contributed by atoms with E-state index in [0.29, 0.717) is 26.3 Å². The van der Waals surface area contributed by atoms with E-state index in [-0.39, 0.29) is 24.7 Å². The molecule has 0 saturated carbocycles. The highest BCUT2D eigenvalue weighted by atomic mass is 16.6. The zero-order valence-electron chi connectivity index (χ0n) is 15.7. The average Bonchev–Trinajstić information content (AvgIpc) is 2.48. The number of ether oxygens (including phenoxy) is 2. The molecule has 2 aliphatic rings. The lowest BCUT2D eigenvalue weighted by atomic mass is 10.1. The van der Waals surface area contributed by atoms with Crippen LogP contribution < -0.4 is 0 Å². The zero-order valence-corrected chi connectivity index (χ0v) is 15.7. The Morgan fingerprint density at radius 3 is 2.40 bits per heavy atom. The summed E-state index contributed by atoms with van der Waals surface area (Å²) in [5, 5.41) is 9.22. The van der Waals surface area contributed by atoms with Crippen molar-refractivity contribution in [2.75, 3.05) is 52.5 Å². The third kappa shape index (κ3) is 6.13. The number of carbonyl (C=O) groups is 2. The van der Waals surface area contributed by atoms with E-state index in [9.17, 15) is 14.7 Å². The fourth-order valence-corrected chi connectivity index (χ4v) is 3.31. The van der Waals surface area contributed by atoms with E-state index >= 15 is 0 Å². The molecule has 0 aromatic rings. The molecule has 2 rings (SSSR count). The summed E-state index contributed by atoms with van der Waals surface area (Å²) in [5.74, 6) is -0.843. The number of carboxylic acids is 1. The molecule has 8 nitrogen and oxygen atoms in total. The van der Waals surface area contributed by atoms with Crippen molar-refractivity contribution in [2.45, 2.75) is 45.4 Å². The number of aliphatic carboxylic acids is 1. The third-order valence-electron chi connectivity index (χ3n) is 4.49.